The molecule has 0 saturated heterocycles. The standard InChI is InChI=1S/C7H8Cl2N2O3/c8-6(9)7(14)11(3-1-2-10)4-5(12)13/h6H,1,3-4H2,(H,12,13). The average Bonchev–Trinajstić information content (AvgIpc) is 2.10. The lowest BCUT2D eigenvalue weighted by Crippen LogP contribution is -2.39. The second-order valence-electron chi connectivity index (χ2n) is 2.36. The van der Waals surface area contributed by atoms with Crippen molar-refractivity contribution in [2.24, 2.45) is 0 Å². The average molecular weight is 239 g/mol. The number of nitrogens with zero attached hydrogens (tertiary/aromatic N) is 2. The summed E-state index contributed by atoms with van der Waals surface area (Å²) < 4.78 is 0. The van der Waals surface area contributed by atoms with Crippen LogP contribution in [0.2, 0.25) is 0 Å². The molecule has 0 rings (SSSR count). The quantitative estimate of drug-likeness (QED) is 0.713. The molecule has 78 valence electrons. The zero-order valence-corrected chi connectivity index (χ0v) is 8.62. The van der Waals surface area contributed by atoms with Crippen molar-refractivity contribution in [2.45, 2.75) is 11.3 Å². The Morgan fingerprint density at radius 2 is 2.07 bits per heavy atom. The Morgan fingerprint density at radius 3 is 2.43 bits per heavy atom. The molecule has 0 aliphatic carbocycles. The zero-order valence-electron chi connectivity index (χ0n) is 7.11. The third-order valence-corrected chi connectivity index (χ3v) is 1.69. The molecule has 0 aromatic heterocycles. The van der Waals surface area contributed by atoms with Gasteiger partial charge >= 0.3 is 5.97 Å². The first-order valence-corrected chi connectivity index (χ1v) is 4.52. The van der Waals surface area contributed by atoms with Crippen LogP contribution in [-0.4, -0.2) is 39.8 Å². The number of aliphatic carboxylic acids is 1. The van der Waals surface area contributed by atoms with Gasteiger partial charge in [0.25, 0.3) is 5.91 Å². The lowest BCUT2D eigenvalue weighted by molar-refractivity contribution is -0.143. The lowest BCUT2D eigenvalue weighted by atomic mass is 10.4. The van der Waals surface area contributed by atoms with E-state index in [9.17, 15) is 9.59 Å². The molecule has 5 nitrogen and oxygen atoms in total. The van der Waals surface area contributed by atoms with E-state index in [-0.39, 0.29) is 13.0 Å². The minimum Gasteiger partial charge on any atom is -0.480 e. The second kappa shape index (κ2) is 6.46. The van der Waals surface area contributed by atoms with Crippen molar-refractivity contribution in [2.75, 3.05) is 13.1 Å². The minimum atomic E-state index is -1.30. The van der Waals surface area contributed by atoms with Crippen LogP contribution in [0.4, 0.5) is 0 Å². The lowest BCUT2D eigenvalue weighted by Gasteiger charge is -2.19. The summed E-state index contributed by atoms with van der Waals surface area (Å²) in [6, 6.07) is 1.79. The van der Waals surface area contributed by atoms with E-state index >= 15 is 0 Å². The number of carbonyl (C=O) groups is 2. The normalized spacial score (nSPS) is 9.57. The predicted molar refractivity (Wildman–Crippen MR) is 49.9 cm³/mol. The summed E-state index contributed by atoms with van der Waals surface area (Å²) in [5.41, 5.74) is 0. The molecular formula is C7H8Cl2N2O3. The van der Waals surface area contributed by atoms with Crippen LogP contribution in [0.25, 0.3) is 0 Å². The highest BCUT2D eigenvalue weighted by atomic mass is 35.5. The van der Waals surface area contributed by atoms with Crippen LogP contribution in [0.3, 0.4) is 0 Å². The van der Waals surface area contributed by atoms with Gasteiger partial charge in [-0.05, 0) is 0 Å². The molecular weight excluding hydrogens is 231 g/mol. The van der Waals surface area contributed by atoms with Gasteiger partial charge in [-0.15, -0.1) is 0 Å². The fourth-order valence-electron chi connectivity index (χ4n) is 0.753. The SMILES string of the molecule is N#CCCN(CC(=O)O)C(=O)C(Cl)Cl. The number of amides is 1. The van der Waals surface area contributed by atoms with E-state index in [1.165, 1.54) is 0 Å². The van der Waals surface area contributed by atoms with E-state index in [0.717, 1.165) is 4.90 Å². The van der Waals surface area contributed by atoms with Crippen LogP contribution in [0, 0.1) is 11.3 Å². The number of hydrogen-bond acceptors (Lipinski definition) is 3. The van der Waals surface area contributed by atoms with Crippen molar-refractivity contribution >= 4 is 35.1 Å². The van der Waals surface area contributed by atoms with Crippen molar-refractivity contribution in [1.29, 1.82) is 5.26 Å². The predicted octanol–water partition coefficient (Wildman–Crippen LogP) is 0.617. The topological polar surface area (TPSA) is 81.4 Å². The van der Waals surface area contributed by atoms with Crippen molar-refractivity contribution in [3.8, 4) is 6.07 Å². The van der Waals surface area contributed by atoms with Crippen LogP contribution >= 0.6 is 23.2 Å². The van der Waals surface area contributed by atoms with Crippen LogP contribution in [0.1, 0.15) is 6.42 Å². The van der Waals surface area contributed by atoms with Gasteiger partial charge in [0.2, 0.25) is 0 Å². The van der Waals surface area contributed by atoms with Gasteiger partial charge in [0, 0.05) is 6.54 Å². The summed E-state index contributed by atoms with van der Waals surface area (Å²) >= 11 is 10.6. The smallest absolute Gasteiger partial charge is 0.323 e. The van der Waals surface area contributed by atoms with Crippen LogP contribution < -0.4 is 0 Å². The van der Waals surface area contributed by atoms with Crippen molar-refractivity contribution < 1.29 is 14.7 Å². The number of halogens is 2. The van der Waals surface area contributed by atoms with E-state index < -0.39 is 23.3 Å². The molecule has 0 spiro atoms. The Labute approximate surface area is 90.8 Å². The number of carboxylic acids is 1. The van der Waals surface area contributed by atoms with E-state index in [0.29, 0.717) is 0 Å². The fourth-order valence-corrected chi connectivity index (χ4v) is 1.03. The van der Waals surface area contributed by atoms with Gasteiger partial charge in [-0.25, -0.2) is 0 Å². The van der Waals surface area contributed by atoms with Crippen molar-refractivity contribution in [3.05, 3.63) is 0 Å². The number of rotatable bonds is 5. The van der Waals surface area contributed by atoms with E-state index in [4.69, 9.17) is 33.6 Å². The summed E-state index contributed by atoms with van der Waals surface area (Å²) in [6.07, 6.45) is 0.0412. The molecule has 0 atom stereocenters. The highest BCUT2D eigenvalue weighted by molar-refractivity contribution is 6.53. The molecule has 14 heavy (non-hydrogen) atoms. The number of carboxylic acid groups (broad SMARTS) is 1. The number of alkyl halides is 2. The first kappa shape index (κ1) is 13.0. The molecule has 1 amide bonds. The minimum absolute atomic E-state index is 0.0115. The maximum Gasteiger partial charge on any atom is 0.323 e. The molecule has 1 N–H and O–H groups in total. The molecule has 0 fully saturated rings. The third kappa shape index (κ3) is 4.90. The molecule has 0 heterocycles. The van der Waals surface area contributed by atoms with Crippen LogP contribution in [0.15, 0.2) is 0 Å². The molecule has 0 aromatic rings. The van der Waals surface area contributed by atoms with Gasteiger partial charge in [-0.2, -0.15) is 5.26 Å². The van der Waals surface area contributed by atoms with Gasteiger partial charge in [-0.3, -0.25) is 9.59 Å². The maximum absolute atomic E-state index is 11.2. The largest absolute Gasteiger partial charge is 0.480 e. The summed E-state index contributed by atoms with van der Waals surface area (Å²) in [4.78, 5) is 21.1. The van der Waals surface area contributed by atoms with E-state index in [1.807, 2.05) is 0 Å². The molecule has 0 saturated carbocycles. The van der Waals surface area contributed by atoms with E-state index in [1.54, 1.807) is 6.07 Å². The molecule has 0 aliphatic heterocycles. The number of carbonyl (C=O) groups excluding carboxylic acids is 1. The molecule has 7 heteroatoms. The zero-order chi connectivity index (χ0) is 11.1. The Bertz CT molecular complexity index is 262. The van der Waals surface area contributed by atoms with Crippen molar-refractivity contribution in [1.82, 2.24) is 4.90 Å². The Morgan fingerprint density at radius 1 is 1.50 bits per heavy atom. The molecule has 0 aliphatic rings. The van der Waals surface area contributed by atoms with Gasteiger partial charge in [0.1, 0.15) is 6.54 Å². The number of nitriles is 1. The first-order chi connectivity index (χ1) is 6.49. The molecule has 0 aromatic carbocycles. The highest BCUT2D eigenvalue weighted by Gasteiger charge is 2.21. The van der Waals surface area contributed by atoms with Gasteiger partial charge in [0.15, 0.2) is 4.84 Å². The summed E-state index contributed by atoms with van der Waals surface area (Å²) in [5, 5.41) is 16.7. The maximum atomic E-state index is 11.2. The molecule has 0 radical (unpaired) electrons. The fraction of sp³-hybridized carbons (Fsp3) is 0.571. The second-order valence-corrected chi connectivity index (χ2v) is 3.46. The summed E-state index contributed by atoms with van der Waals surface area (Å²) in [5.74, 6) is -1.88. The Hall–Kier alpha value is -0.990. The third-order valence-electron chi connectivity index (χ3n) is 1.32. The number of hydrogen-bond donors (Lipinski definition) is 1. The monoisotopic (exact) mass is 238 g/mol. The van der Waals surface area contributed by atoms with E-state index in [2.05, 4.69) is 0 Å². The summed E-state index contributed by atoms with van der Waals surface area (Å²) in [6.45, 7) is -0.492. The molecule has 0 bridgehead atoms. The van der Waals surface area contributed by atoms with Gasteiger partial charge < -0.3 is 10.0 Å². The van der Waals surface area contributed by atoms with Crippen LogP contribution in [0.5, 0.6) is 0 Å². The Balaban J connectivity index is 4.31. The first-order valence-electron chi connectivity index (χ1n) is 3.64. The van der Waals surface area contributed by atoms with Gasteiger partial charge in [0.05, 0.1) is 12.5 Å². The Kier molecular flexibility index (Phi) is 6.00. The highest BCUT2D eigenvalue weighted by Crippen LogP contribution is 2.07. The van der Waals surface area contributed by atoms with Gasteiger partial charge in [-0.1, -0.05) is 23.2 Å². The van der Waals surface area contributed by atoms with Crippen molar-refractivity contribution in [3.63, 3.8) is 0 Å². The summed E-state index contributed by atoms with van der Waals surface area (Å²) in [7, 11) is 0. The van der Waals surface area contributed by atoms with Crippen LogP contribution in [-0.2, 0) is 9.59 Å². The molecule has 0 unspecified atom stereocenters.